The molecule has 1 fully saturated rings. The van der Waals surface area contributed by atoms with E-state index in [0.717, 1.165) is 11.1 Å². The van der Waals surface area contributed by atoms with Gasteiger partial charge in [-0.2, -0.15) is 0 Å². The van der Waals surface area contributed by atoms with E-state index in [-0.39, 0.29) is 18.7 Å². The zero-order valence-electron chi connectivity index (χ0n) is 14.2. The van der Waals surface area contributed by atoms with Crippen molar-refractivity contribution in [2.75, 3.05) is 13.2 Å². The number of carbonyl (C=O) groups is 1. The fourth-order valence-electron chi connectivity index (χ4n) is 3.39. The Labute approximate surface area is 153 Å². The van der Waals surface area contributed by atoms with Crippen molar-refractivity contribution in [1.82, 2.24) is 4.90 Å². The van der Waals surface area contributed by atoms with Crippen LogP contribution >= 0.6 is 11.6 Å². The topological polar surface area (TPSA) is 49.8 Å². The zero-order chi connectivity index (χ0) is 17.9. The molecule has 1 aliphatic rings. The molecule has 2 atom stereocenters. The number of aliphatic hydroxyl groups excluding tert-OH is 1. The van der Waals surface area contributed by atoms with Crippen molar-refractivity contribution in [2.24, 2.45) is 0 Å². The van der Waals surface area contributed by atoms with Gasteiger partial charge in [0.1, 0.15) is 5.60 Å². The van der Waals surface area contributed by atoms with Gasteiger partial charge in [0, 0.05) is 31.0 Å². The van der Waals surface area contributed by atoms with Crippen molar-refractivity contribution >= 4 is 17.7 Å². The molecule has 3 rings (SSSR count). The Morgan fingerprint density at radius 1 is 1.20 bits per heavy atom. The second kappa shape index (κ2) is 7.46. The number of hydrogen-bond donors (Lipinski definition) is 1. The van der Waals surface area contributed by atoms with Crippen molar-refractivity contribution in [3.05, 3.63) is 70.7 Å². The van der Waals surface area contributed by atoms with Crippen molar-refractivity contribution in [1.29, 1.82) is 0 Å². The molecule has 5 heteroatoms. The number of amides is 1. The molecule has 4 nitrogen and oxygen atoms in total. The minimum atomic E-state index is -0.761. The van der Waals surface area contributed by atoms with Crippen LogP contribution in [-0.2, 0) is 10.3 Å². The largest absolute Gasteiger partial charge is 0.438 e. The number of halogens is 1. The molecular formula is C20H22ClNO3. The highest BCUT2D eigenvalue weighted by molar-refractivity contribution is 6.30. The predicted molar refractivity (Wildman–Crippen MR) is 97.5 cm³/mol. The first-order valence-electron chi connectivity index (χ1n) is 8.47. The van der Waals surface area contributed by atoms with Crippen molar-refractivity contribution in [3.8, 4) is 0 Å². The fraction of sp³-hybridized carbons (Fsp3) is 0.350. The molecule has 1 amide bonds. The molecular weight excluding hydrogens is 338 g/mol. The van der Waals surface area contributed by atoms with Crippen LogP contribution in [0.2, 0.25) is 5.02 Å². The van der Waals surface area contributed by atoms with E-state index in [1.54, 1.807) is 4.90 Å². The third kappa shape index (κ3) is 3.65. The Balaban J connectivity index is 1.81. The Hall–Kier alpha value is -2.04. The summed E-state index contributed by atoms with van der Waals surface area (Å²) in [5.74, 6) is 0. The van der Waals surface area contributed by atoms with E-state index in [1.165, 1.54) is 0 Å². The average molecular weight is 360 g/mol. The summed E-state index contributed by atoms with van der Waals surface area (Å²) in [7, 11) is 0. The predicted octanol–water partition coefficient (Wildman–Crippen LogP) is 4.52. The minimum absolute atomic E-state index is 0.0328. The number of cyclic esters (lactones) is 1. The number of rotatable bonds is 5. The highest BCUT2D eigenvalue weighted by atomic mass is 35.5. The van der Waals surface area contributed by atoms with Gasteiger partial charge in [0.25, 0.3) is 0 Å². The molecule has 25 heavy (non-hydrogen) atoms. The highest BCUT2D eigenvalue weighted by Gasteiger charge is 2.43. The van der Waals surface area contributed by atoms with Crippen LogP contribution in [0.4, 0.5) is 4.79 Å². The number of hydrogen-bond acceptors (Lipinski definition) is 3. The van der Waals surface area contributed by atoms with Crippen LogP contribution in [0.15, 0.2) is 54.6 Å². The van der Waals surface area contributed by atoms with Crippen LogP contribution in [0.25, 0.3) is 0 Å². The van der Waals surface area contributed by atoms with Crippen LogP contribution in [-0.4, -0.2) is 29.3 Å². The van der Waals surface area contributed by atoms with E-state index in [2.05, 4.69) is 0 Å². The lowest BCUT2D eigenvalue weighted by molar-refractivity contribution is -0.0718. The number of nitrogens with zero attached hydrogens (tertiary/aromatic N) is 1. The summed E-state index contributed by atoms with van der Waals surface area (Å²) >= 11 is 5.94. The summed E-state index contributed by atoms with van der Waals surface area (Å²) in [6.45, 7) is 2.51. The zero-order valence-corrected chi connectivity index (χ0v) is 14.9. The molecule has 0 spiro atoms. The van der Waals surface area contributed by atoms with Crippen LogP contribution in [0.3, 0.4) is 0 Å². The molecule has 0 radical (unpaired) electrons. The molecule has 1 saturated heterocycles. The molecule has 1 heterocycles. The van der Waals surface area contributed by atoms with Gasteiger partial charge in [-0.25, -0.2) is 4.79 Å². The van der Waals surface area contributed by atoms with Gasteiger partial charge < -0.3 is 14.7 Å². The van der Waals surface area contributed by atoms with Gasteiger partial charge >= 0.3 is 6.09 Å². The smallest absolute Gasteiger partial charge is 0.411 e. The summed E-state index contributed by atoms with van der Waals surface area (Å²) in [5, 5.41) is 10.2. The van der Waals surface area contributed by atoms with Crippen LogP contribution < -0.4 is 0 Å². The van der Waals surface area contributed by atoms with Crippen molar-refractivity contribution < 1.29 is 14.6 Å². The number of aliphatic hydroxyl groups is 1. The maximum absolute atomic E-state index is 12.7. The lowest BCUT2D eigenvalue weighted by Crippen LogP contribution is -2.49. The Morgan fingerprint density at radius 3 is 2.48 bits per heavy atom. The second-order valence-corrected chi connectivity index (χ2v) is 6.81. The lowest BCUT2D eigenvalue weighted by Gasteiger charge is -2.43. The molecule has 1 aliphatic heterocycles. The SMILES string of the molecule is C[C@@H](c1ccc(Cl)cc1)N1CCC(CCO)(c2ccccc2)OC1=O. The lowest BCUT2D eigenvalue weighted by atomic mass is 9.85. The summed E-state index contributed by atoms with van der Waals surface area (Å²) in [5.41, 5.74) is 1.18. The first-order chi connectivity index (χ1) is 12.1. The van der Waals surface area contributed by atoms with E-state index in [4.69, 9.17) is 16.3 Å². The molecule has 1 N–H and O–H groups in total. The third-order valence-corrected chi connectivity index (χ3v) is 5.16. The van der Waals surface area contributed by atoms with E-state index in [9.17, 15) is 9.90 Å². The number of ether oxygens (including phenoxy) is 1. The molecule has 132 valence electrons. The minimum Gasteiger partial charge on any atom is -0.438 e. The van der Waals surface area contributed by atoms with Gasteiger partial charge in [-0.3, -0.25) is 0 Å². The van der Waals surface area contributed by atoms with Crippen LogP contribution in [0.1, 0.15) is 36.9 Å². The number of benzene rings is 2. The molecule has 0 aliphatic carbocycles. The molecule has 0 aromatic heterocycles. The Bertz CT molecular complexity index is 719. The molecule has 2 aromatic carbocycles. The molecule has 2 aromatic rings. The maximum Gasteiger partial charge on any atom is 0.411 e. The average Bonchev–Trinajstić information content (AvgIpc) is 2.63. The van der Waals surface area contributed by atoms with Crippen LogP contribution in [0.5, 0.6) is 0 Å². The molecule has 0 bridgehead atoms. The van der Waals surface area contributed by atoms with E-state index < -0.39 is 5.60 Å². The number of carbonyl (C=O) groups excluding carboxylic acids is 1. The van der Waals surface area contributed by atoms with E-state index >= 15 is 0 Å². The van der Waals surface area contributed by atoms with Crippen molar-refractivity contribution in [2.45, 2.75) is 31.4 Å². The quantitative estimate of drug-likeness (QED) is 0.853. The van der Waals surface area contributed by atoms with Crippen LogP contribution in [0, 0.1) is 0 Å². The first-order valence-corrected chi connectivity index (χ1v) is 8.85. The Morgan fingerprint density at radius 2 is 1.88 bits per heavy atom. The summed E-state index contributed by atoms with van der Waals surface area (Å²) in [4.78, 5) is 14.5. The van der Waals surface area contributed by atoms with E-state index in [1.807, 2.05) is 61.5 Å². The van der Waals surface area contributed by atoms with Gasteiger partial charge in [0.15, 0.2) is 0 Å². The highest BCUT2D eigenvalue weighted by Crippen LogP contribution is 2.39. The fourth-order valence-corrected chi connectivity index (χ4v) is 3.51. The molecule has 0 saturated carbocycles. The Kier molecular flexibility index (Phi) is 5.30. The van der Waals surface area contributed by atoms with Gasteiger partial charge in [0.2, 0.25) is 0 Å². The maximum atomic E-state index is 12.7. The summed E-state index contributed by atoms with van der Waals surface area (Å²) < 4.78 is 5.88. The third-order valence-electron chi connectivity index (χ3n) is 4.91. The monoisotopic (exact) mass is 359 g/mol. The first kappa shape index (κ1) is 17.8. The normalized spacial score (nSPS) is 21.7. The van der Waals surface area contributed by atoms with E-state index in [0.29, 0.717) is 24.4 Å². The van der Waals surface area contributed by atoms with Gasteiger partial charge in [-0.05, 0) is 30.2 Å². The van der Waals surface area contributed by atoms with Gasteiger partial charge in [-0.15, -0.1) is 0 Å². The summed E-state index contributed by atoms with van der Waals surface area (Å²) in [6, 6.07) is 17.0. The second-order valence-electron chi connectivity index (χ2n) is 6.37. The summed E-state index contributed by atoms with van der Waals surface area (Å²) in [6.07, 6.45) is 0.679. The standard InChI is InChI=1S/C20H22ClNO3/c1-15(16-7-9-18(21)10-8-16)22-13-11-20(12-14-23,25-19(22)24)17-5-3-2-4-6-17/h2-10,15,23H,11-14H2,1H3/t15-,20?/m0/s1. The van der Waals surface area contributed by atoms with Gasteiger partial charge in [0.05, 0.1) is 6.04 Å². The van der Waals surface area contributed by atoms with Crippen molar-refractivity contribution in [3.63, 3.8) is 0 Å². The van der Waals surface area contributed by atoms with Gasteiger partial charge in [-0.1, -0.05) is 54.1 Å². The molecule has 1 unspecified atom stereocenters.